The molecular formula is C24H30F3N5O3. The molecule has 2 aliphatic carbocycles. The van der Waals surface area contributed by atoms with Gasteiger partial charge in [-0.1, -0.05) is 13.8 Å². The highest BCUT2D eigenvalue weighted by Crippen LogP contribution is 2.42. The van der Waals surface area contributed by atoms with Crippen molar-refractivity contribution in [2.45, 2.75) is 70.7 Å². The number of carbonyl (C=O) groups excluding carboxylic acids is 2. The van der Waals surface area contributed by atoms with Gasteiger partial charge in [-0.15, -0.1) is 0 Å². The maximum Gasteiger partial charge on any atom is 0.435 e. The standard InChI is InChI=1S/C24H30F3N5O3/c1-23(2)9-8-15-18(11-23)32(31-21(15)24(25,26)27)13-6-7-14(22(29)34)17(10-13)30-16-4-3-5-19(16)35-20(33)12-28/h6-7,10,16,19,30H,3-5,8-9,11-12,28H2,1-2H3,(H2,29,34). The van der Waals surface area contributed by atoms with Crippen molar-refractivity contribution >= 4 is 17.6 Å². The zero-order valence-electron chi connectivity index (χ0n) is 19.7. The Morgan fingerprint density at radius 1 is 1.29 bits per heavy atom. The summed E-state index contributed by atoms with van der Waals surface area (Å²) in [6.07, 6.45) is -1.56. The van der Waals surface area contributed by atoms with Crippen LogP contribution in [0.3, 0.4) is 0 Å². The molecule has 1 fully saturated rings. The Labute approximate surface area is 201 Å². The van der Waals surface area contributed by atoms with E-state index in [9.17, 15) is 22.8 Å². The zero-order valence-corrected chi connectivity index (χ0v) is 19.7. The van der Waals surface area contributed by atoms with Crippen molar-refractivity contribution in [2.75, 3.05) is 11.9 Å². The third kappa shape index (κ3) is 5.14. The molecule has 0 bridgehead atoms. The summed E-state index contributed by atoms with van der Waals surface area (Å²) in [5.41, 5.74) is 11.5. The third-order valence-corrected chi connectivity index (χ3v) is 6.81. The molecule has 2 aromatic rings. The van der Waals surface area contributed by atoms with Crippen LogP contribution < -0.4 is 16.8 Å². The highest BCUT2D eigenvalue weighted by molar-refractivity contribution is 5.99. The molecule has 1 amide bonds. The predicted octanol–water partition coefficient (Wildman–Crippen LogP) is 3.34. The fourth-order valence-corrected chi connectivity index (χ4v) is 5.02. The van der Waals surface area contributed by atoms with Gasteiger partial charge in [0.15, 0.2) is 5.69 Å². The molecular weight excluding hydrogens is 463 g/mol. The van der Waals surface area contributed by atoms with Crippen LogP contribution >= 0.6 is 0 Å². The summed E-state index contributed by atoms with van der Waals surface area (Å²) < 4.78 is 48.1. The van der Waals surface area contributed by atoms with Gasteiger partial charge in [-0.25, -0.2) is 4.68 Å². The average Bonchev–Trinajstić information content (AvgIpc) is 3.36. The number of alkyl halides is 3. The van der Waals surface area contributed by atoms with Crippen LogP contribution in [0.25, 0.3) is 5.69 Å². The van der Waals surface area contributed by atoms with E-state index in [1.54, 1.807) is 12.1 Å². The lowest BCUT2D eigenvalue weighted by Gasteiger charge is -2.30. The molecule has 1 aromatic carbocycles. The summed E-state index contributed by atoms with van der Waals surface area (Å²) in [4.78, 5) is 23.8. The molecule has 0 saturated heterocycles. The van der Waals surface area contributed by atoms with E-state index in [0.29, 0.717) is 42.8 Å². The molecule has 11 heteroatoms. The van der Waals surface area contributed by atoms with Crippen molar-refractivity contribution in [3.63, 3.8) is 0 Å². The third-order valence-electron chi connectivity index (χ3n) is 6.81. The second-order valence-corrected chi connectivity index (χ2v) is 10.0. The summed E-state index contributed by atoms with van der Waals surface area (Å²) in [5.74, 6) is -1.22. The van der Waals surface area contributed by atoms with Gasteiger partial charge in [0, 0.05) is 16.9 Å². The molecule has 1 aromatic heterocycles. The van der Waals surface area contributed by atoms with Crippen LogP contribution in [-0.2, 0) is 28.5 Å². The summed E-state index contributed by atoms with van der Waals surface area (Å²) in [5, 5.41) is 7.21. The second-order valence-electron chi connectivity index (χ2n) is 10.0. The Morgan fingerprint density at radius 2 is 2.03 bits per heavy atom. The van der Waals surface area contributed by atoms with E-state index < -0.39 is 29.9 Å². The summed E-state index contributed by atoms with van der Waals surface area (Å²) in [6, 6.07) is 4.30. The number of carbonyl (C=O) groups is 2. The molecule has 0 radical (unpaired) electrons. The van der Waals surface area contributed by atoms with E-state index in [4.69, 9.17) is 16.2 Å². The number of hydrogen-bond acceptors (Lipinski definition) is 6. The Balaban J connectivity index is 1.75. The average molecular weight is 494 g/mol. The maximum atomic E-state index is 13.8. The first-order valence-corrected chi connectivity index (χ1v) is 11.7. The monoisotopic (exact) mass is 493 g/mol. The number of ether oxygens (including phenoxy) is 1. The van der Waals surface area contributed by atoms with Gasteiger partial charge in [0.25, 0.3) is 5.91 Å². The fourth-order valence-electron chi connectivity index (χ4n) is 5.02. The number of halogens is 3. The number of hydrogen-bond donors (Lipinski definition) is 3. The van der Waals surface area contributed by atoms with E-state index in [0.717, 1.165) is 6.42 Å². The minimum Gasteiger partial charge on any atom is -0.459 e. The van der Waals surface area contributed by atoms with Crippen LogP contribution in [0.2, 0.25) is 0 Å². The van der Waals surface area contributed by atoms with Gasteiger partial charge < -0.3 is 21.5 Å². The topological polar surface area (TPSA) is 125 Å². The molecule has 0 aliphatic heterocycles. The van der Waals surface area contributed by atoms with Crippen molar-refractivity contribution in [3.05, 3.63) is 40.7 Å². The highest BCUT2D eigenvalue weighted by Gasteiger charge is 2.42. The summed E-state index contributed by atoms with van der Waals surface area (Å²) in [6.45, 7) is 3.80. The first-order valence-electron chi connectivity index (χ1n) is 11.7. The lowest BCUT2D eigenvalue weighted by Crippen LogP contribution is -2.35. The first-order chi connectivity index (χ1) is 16.4. The molecule has 35 heavy (non-hydrogen) atoms. The number of nitrogens with one attached hydrogen (secondary N) is 1. The molecule has 190 valence electrons. The minimum absolute atomic E-state index is 0.175. The SMILES string of the molecule is CC1(C)CCc2c(C(F)(F)F)nn(-c3ccc(C(N)=O)c(NC4CCCC4OC(=O)CN)c3)c2C1. The molecule has 1 heterocycles. The molecule has 2 atom stereocenters. The van der Waals surface area contributed by atoms with E-state index in [2.05, 4.69) is 10.4 Å². The number of benzene rings is 1. The van der Waals surface area contributed by atoms with Crippen LogP contribution in [0, 0.1) is 5.41 Å². The number of fused-ring (bicyclic) bond motifs is 1. The molecule has 0 spiro atoms. The van der Waals surface area contributed by atoms with Crippen molar-refractivity contribution < 1.29 is 27.5 Å². The largest absolute Gasteiger partial charge is 0.459 e. The molecule has 2 unspecified atom stereocenters. The van der Waals surface area contributed by atoms with Crippen LogP contribution in [0.4, 0.5) is 18.9 Å². The van der Waals surface area contributed by atoms with Gasteiger partial charge in [-0.2, -0.15) is 18.3 Å². The highest BCUT2D eigenvalue weighted by atomic mass is 19.4. The van der Waals surface area contributed by atoms with E-state index in [-0.39, 0.29) is 35.5 Å². The van der Waals surface area contributed by atoms with Crippen molar-refractivity contribution in [3.8, 4) is 5.69 Å². The van der Waals surface area contributed by atoms with E-state index >= 15 is 0 Å². The lowest BCUT2D eigenvalue weighted by molar-refractivity contribution is -0.147. The first kappa shape index (κ1) is 25.0. The smallest absolute Gasteiger partial charge is 0.435 e. The fraction of sp³-hybridized carbons (Fsp3) is 0.542. The van der Waals surface area contributed by atoms with Crippen molar-refractivity contribution in [1.29, 1.82) is 0 Å². The van der Waals surface area contributed by atoms with Gasteiger partial charge in [0.2, 0.25) is 0 Å². The van der Waals surface area contributed by atoms with Gasteiger partial charge in [0.1, 0.15) is 6.10 Å². The number of nitrogens with two attached hydrogens (primary N) is 2. The second kappa shape index (κ2) is 9.18. The number of rotatable bonds is 6. The Kier molecular flexibility index (Phi) is 6.56. The number of aromatic nitrogens is 2. The Bertz CT molecular complexity index is 1140. The molecule has 1 saturated carbocycles. The minimum atomic E-state index is -4.57. The van der Waals surface area contributed by atoms with Crippen LogP contribution in [0.15, 0.2) is 18.2 Å². The molecule has 4 rings (SSSR count). The van der Waals surface area contributed by atoms with Gasteiger partial charge in [-0.05, 0) is 62.1 Å². The van der Waals surface area contributed by atoms with Crippen molar-refractivity contribution in [2.24, 2.45) is 16.9 Å². The molecule has 8 nitrogen and oxygen atoms in total. The normalized spacial score (nSPS) is 21.4. The van der Waals surface area contributed by atoms with E-state index in [1.807, 2.05) is 13.8 Å². The number of nitrogens with zero attached hydrogens (tertiary/aromatic N) is 2. The summed E-state index contributed by atoms with van der Waals surface area (Å²) >= 11 is 0. The molecule has 5 N–H and O–H groups in total. The number of anilines is 1. The van der Waals surface area contributed by atoms with Crippen LogP contribution in [0.1, 0.15) is 66.8 Å². The number of primary amides is 1. The predicted molar refractivity (Wildman–Crippen MR) is 123 cm³/mol. The van der Waals surface area contributed by atoms with Gasteiger partial charge in [0.05, 0.1) is 23.8 Å². The van der Waals surface area contributed by atoms with E-state index in [1.165, 1.54) is 10.7 Å². The van der Waals surface area contributed by atoms with Crippen molar-refractivity contribution in [1.82, 2.24) is 9.78 Å². The quantitative estimate of drug-likeness (QED) is 0.530. The van der Waals surface area contributed by atoms with Crippen LogP contribution in [0.5, 0.6) is 0 Å². The maximum absolute atomic E-state index is 13.8. The Hall–Kier alpha value is -3.08. The van der Waals surface area contributed by atoms with Gasteiger partial charge >= 0.3 is 12.1 Å². The van der Waals surface area contributed by atoms with Gasteiger partial charge in [-0.3, -0.25) is 9.59 Å². The number of esters is 1. The number of amides is 1. The zero-order chi connectivity index (χ0) is 25.5. The summed E-state index contributed by atoms with van der Waals surface area (Å²) in [7, 11) is 0. The van der Waals surface area contributed by atoms with Crippen LogP contribution in [-0.4, -0.2) is 40.3 Å². The Morgan fingerprint density at radius 3 is 2.69 bits per heavy atom. The lowest BCUT2D eigenvalue weighted by atomic mass is 9.76. The molecule has 2 aliphatic rings.